The Balaban J connectivity index is 2.96. The molecule has 0 aliphatic heterocycles. The lowest BCUT2D eigenvalue weighted by Crippen LogP contribution is -2.30. The molecule has 0 fully saturated rings. The molecule has 0 amide bonds. The standard InChI is InChI=1S/C16H12F9N3O/c1-2-5-28-12(27-11(16(23,24)25)10(26)13(28)29)8-4-3-7(14(17,18)19)6-9(8)15(20,21)22/h3-4,6H,2,5,26H2,1H3. The Morgan fingerprint density at radius 3 is 2.00 bits per heavy atom. The monoisotopic (exact) mass is 433 g/mol. The first-order valence-corrected chi connectivity index (χ1v) is 7.85. The van der Waals surface area contributed by atoms with E-state index in [4.69, 9.17) is 5.73 Å². The van der Waals surface area contributed by atoms with Crippen LogP contribution in [0.15, 0.2) is 23.0 Å². The molecule has 0 atom stereocenters. The van der Waals surface area contributed by atoms with E-state index in [0.29, 0.717) is 10.6 Å². The Bertz CT molecular complexity index is 972. The summed E-state index contributed by atoms with van der Waals surface area (Å²) >= 11 is 0. The zero-order valence-electron chi connectivity index (χ0n) is 14.4. The number of aromatic nitrogens is 2. The number of halogens is 9. The van der Waals surface area contributed by atoms with E-state index in [0.717, 1.165) is 0 Å². The quantitative estimate of drug-likeness (QED) is 0.697. The molecule has 0 aliphatic rings. The van der Waals surface area contributed by atoms with Gasteiger partial charge in [-0.2, -0.15) is 39.5 Å². The van der Waals surface area contributed by atoms with E-state index in [-0.39, 0.29) is 25.1 Å². The molecular weight excluding hydrogens is 421 g/mol. The van der Waals surface area contributed by atoms with E-state index < -0.39 is 58.0 Å². The highest BCUT2D eigenvalue weighted by molar-refractivity contribution is 5.64. The molecule has 1 aromatic heterocycles. The first-order chi connectivity index (χ1) is 13.1. The van der Waals surface area contributed by atoms with Crippen LogP contribution in [-0.2, 0) is 25.1 Å². The number of rotatable bonds is 3. The number of nitrogen functional groups attached to an aromatic ring is 1. The minimum Gasteiger partial charge on any atom is -0.392 e. The molecule has 0 radical (unpaired) electrons. The molecule has 0 saturated carbocycles. The van der Waals surface area contributed by atoms with Crippen LogP contribution in [0.3, 0.4) is 0 Å². The predicted molar refractivity (Wildman–Crippen MR) is 83.6 cm³/mol. The SMILES string of the molecule is CCCn1c(-c2ccc(C(F)(F)F)cc2C(F)(F)F)nc(C(F)(F)F)c(N)c1=O. The average molecular weight is 433 g/mol. The molecule has 2 rings (SSSR count). The number of nitrogens with two attached hydrogens (primary N) is 1. The van der Waals surface area contributed by atoms with Gasteiger partial charge in [0.05, 0.1) is 11.1 Å². The maximum Gasteiger partial charge on any atom is 0.435 e. The van der Waals surface area contributed by atoms with E-state index in [1.807, 2.05) is 0 Å². The lowest BCUT2D eigenvalue weighted by molar-refractivity contribution is -0.142. The van der Waals surface area contributed by atoms with Gasteiger partial charge in [0.25, 0.3) is 5.56 Å². The summed E-state index contributed by atoms with van der Waals surface area (Å²) in [7, 11) is 0. The molecular formula is C16H12F9N3O. The van der Waals surface area contributed by atoms with Crippen LogP contribution in [0.1, 0.15) is 30.2 Å². The van der Waals surface area contributed by atoms with Gasteiger partial charge in [-0.1, -0.05) is 13.0 Å². The van der Waals surface area contributed by atoms with Gasteiger partial charge in [-0.05, 0) is 18.6 Å². The van der Waals surface area contributed by atoms with Crippen LogP contribution in [-0.4, -0.2) is 9.55 Å². The number of alkyl halides is 9. The molecule has 4 nitrogen and oxygen atoms in total. The summed E-state index contributed by atoms with van der Waals surface area (Å²) in [5.74, 6) is -1.08. The zero-order chi connectivity index (χ0) is 22.4. The van der Waals surface area contributed by atoms with Crippen molar-refractivity contribution in [2.45, 2.75) is 38.4 Å². The van der Waals surface area contributed by atoms with Crippen molar-refractivity contribution in [3.8, 4) is 11.4 Å². The summed E-state index contributed by atoms with van der Waals surface area (Å²) in [5.41, 5.74) is -4.18. The fourth-order valence-corrected chi connectivity index (χ4v) is 2.57. The normalized spacial score (nSPS) is 13.0. The Morgan fingerprint density at radius 1 is 0.966 bits per heavy atom. The largest absolute Gasteiger partial charge is 0.435 e. The second kappa shape index (κ2) is 7.26. The van der Waals surface area contributed by atoms with Crippen molar-refractivity contribution in [1.29, 1.82) is 0 Å². The van der Waals surface area contributed by atoms with Gasteiger partial charge in [-0.15, -0.1) is 0 Å². The minimum absolute atomic E-state index is 0.0986. The molecule has 1 aromatic carbocycles. The summed E-state index contributed by atoms with van der Waals surface area (Å²) < 4.78 is 119. The summed E-state index contributed by atoms with van der Waals surface area (Å²) in [5, 5.41) is 0. The van der Waals surface area contributed by atoms with Crippen molar-refractivity contribution in [2.24, 2.45) is 0 Å². The van der Waals surface area contributed by atoms with Gasteiger partial charge in [-0.3, -0.25) is 9.36 Å². The molecule has 29 heavy (non-hydrogen) atoms. The highest BCUT2D eigenvalue weighted by Gasteiger charge is 2.41. The second-order valence-corrected chi connectivity index (χ2v) is 5.91. The molecule has 0 bridgehead atoms. The lowest BCUT2D eigenvalue weighted by Gasteiger charge is -2.20. The second-order valence-electron chi connectivity index (χ2n) is 5.91. The number of nitrogens with zero attached hydrogens (tertiary/aromatic N) is 2. The third-order valence-electron chi connectivity index (χ3n) is 3.81. The molecule has 160 valence electrons. The first kappa shape index (κ1) is 22.6. The average Bonchev–Trinajstić information content (AvgIpc) is 2.56. The van der Waals surface area contributed by atoms with Crippen molar-refractivity contribution in [3.63, 3.8) is 0 Å². The van der Waals surface area contributed by atoms with Crippen molar-refractivity contribution >= 4 is 5.69 Å². The highest BCUT2D eigenvalue weighted by Crippen LogP contribution is 2.41. The van der Waals surface area contributed by atoms with Gasteiger partial charge in [0.2, 0.25) is 0 Å². The maximum atomic E-state index is 13.4. The maximum absolute atomic E-state index is 13.4. The van der Waals surface area contributed by atoms with Crippen LogP contribution < -0.4 is 11.3 Å². The molecule has 2 aromatic rings. The van der Waals surface area contributed by atoms with Crippen LogP contribution in [0.2, 0.25) is 0 Å². The molecule has 2 N–H and O–H groups in total. The smallest absolute Gasteiger partial charge is 0.392 e. The van der Waals surface area contributed by atoms with E-state index in [9.17, 15) is 44.3 Å². The fraction of sp³-hybridized carbons (Fsp3) is 0.375. The van der Waals surface area contributed by atoms with Gasteiger partial charge < -0.3 is 5.73 Å². The minimum atomic E-state index is -5.37. The van der Waals surface area contributed by atoms with Gasteiger partial charge in [0.1, 0.15) is 11.5 Å². The van der Waals surface area contributed by atoms with Crippen LogP contribution in [0.5, 0.6) is 0 Å². The molecule has 0 unspecified atom stereocenters. The Labute approximate surface area is 156 Å². The van der Waals surface area contributed by atoms with Gasteiger partial charge >= 0.3 is 18.5 Å². The van der Waals surface area contributed by atoms with Gasteiger partial charge in [0, 0.05) is 12.1 Å². The summed E-state index contributed by atoms with van der Waals surface area (Å²) in [6.45, 7) is 1.11. The van der Waals surface area contributed by atoms with Crippen LogP contribution in [0.4, 0.5) is 45.2 Å². The summed E-state index contributed by atoms with van der Waals surface area (Å²) in [4.78, 5) is 15.3. The summed E-state index contributed by atoms with van der Waals surface area (Å²) in [6, 6.07) is 0.341. The molecule has 0 saturated heterocycles. The van der Waals surface area contributed by atoms with E-state index in [1.54, 1.807) is 0 Å². The van der Waals surface area contributed by atoms with Crippen molar-refractivity contribution in [3.05, 3.63) is 45.4 Å². The Hall–Kier alpha value is -2.73. The molecule has 1 heterocycles. The van der Waals surface area contributed by atoms with E-state index >= 15 is 0 Å². The van der Waals surface area contributed by atoms with E-state index in [1.165, 1.54) is 6.92 Å². The number of anilines is 1. The van der Waals surface area contributed by atoms with Crippen molar-refractivity contribution < 1.29 is 39.5 Å². The molecule has 0 spiro atoms. The van der Waals surface area contributed by atoms with Crippen LogP contribution >= 0.6 is 0 Å². The molecule has 13 heteroatoms. The predicted octanol–water partition coefficient (Wildman–Crippen LogP) is 4.96. The number of hydrogen-bond donors (Lipinski definition) is 1. The van der Waals surface area contributed by atoms with Gasteiger partial charge in [0.15, 0.2) is 5.69 Å². The zero-order valence-corrected chi connectivity index (χ0v) is 14.4. The molecule has 0 aliphatic carbocycles. The van der Waals surface area contributed by atoms with Crippen molar-refractivity contribution in [1.82, 2.24) is 9.55 Å². The van der Waals surface area contributed by atoms with Gasteiger partial charge in [-0.25, -0.2) is 4.98 Å². The Morgan fingerprint density at radius 2 is 1.55 bits per heavy atom. The van der Waals surface area contributed by atoms with Crippen molar-refractivity contribution in [2.75, 3.05) is 5.73 Å². The Kier molecular flexibility index (Phi) is 5.65. The topological polar surface area (TPSA) is 60.9 Å². The lowest BCUT2D eigenvalue weighted by atomic mass is 10.0. The van der Waals surface area contributed by atoms with E-state index in [2.05, 4.69) is 4.98 Å². The summed E-state index contributed by atoms with van der Waals surface area (Å²) in [6.07, 6.45) is -15.7. The number of benzene rings is 1. The third kappa shape index (κ3) is 4.48. The highest BCUT2D eigenvalue weighted by atomic mass is 19.4. The third-order valence-corrected chi connectivity index (χ3v) is 3.81. The number of hydrogen-bond acceptors (Lipinski definition) is 3. The fourth-order valence-electron chi connectivity index (χ4n) is 2.57. The van der Waals surface area contributed by atoms with Crippen LogP contribution in [0, 0.1) is 0 Å². The first-order valence-electron chi connectivity index (χ1n) is 7.85. The van der Waals surface area contributed by atoms with Crippen LogP contribution in [0.25, 0.3) is 11.4 Å².